The van der Waals surface area contributed by atoms with Crippen molar-refractivity contribution < 1.29 is 13.2 Å². The van der Waals surface area contributed by atoms with Gasteiger partial charge in [0.15, 0.2) is 0 Å². The van der Waals surface area contributed by atoms with Crippen LogP contribution in [0, 0.1) is 0 Å². The fourth-order valence-electron chi connectivity index (χ4n) is 2.51. The number of aromatic nitrogens is 2. The van der Waals surface area contributed by atoms with Gasteiger partial charge in [-0.1, -0.05) is 37.3 Å². The number of hydrogen-bond acceptors (Lipinski definition) is 4. The van der Waals surface area contributed by atoms with Gasteiger partial charge in [-0.2, -0.15) is 0 Å². The molecule has 1 amide bonds. The van der Waals surface area contributed by atoms with E-state index in [1.807, 2.05) is 37.3 Å². The fourth-order valence-corrected chi connectivity index (χ4v) is 3.84. The second-order valence-electron chi connectivity index (χ2n) is 5.67. The molecule has 124 valence electrons. The molecular formula is C17H17N3O3S. The third kappa shape index (κ3) is 3.62. The van der Waals surface area contributed by atoms with Gasteiger partial charge in [-0.25, -0.2) is 18.1 Å². The molecule has 0 saturated heterocycles. The normalized spacial score (nSPS) is 12.9. The molecule has 1 aromatic carbocycles. The minimum atomic E-state index is -3.74. The molecule has 0 aliphatic heterocycles. The van der Waals surface area contributed by atoms with Crippen LogP contribution < -0.4 is 4.72 Å². The predicted molar refractivity (Wildman–Crippen MR) is 91.3 cm³/mol. The molecule has 2 aromatic heterocycles. The molecular weight excluding hydrogens is 326 g/mol. The Morgan fingerprint density at radius 2 is 2.00 bits per heavy atom. The highest BCUT2D eigenvalue weighted by atomic mass is 32.2. The molecule has 7 heteroatoms. The zero-order chi connectivity index (χ0) is 17.2. The maximum atomic E-state index is 12.3. The molecule has 1 N–H and O–H groups in total. The van der Waals surface area contributed by atoms with Crippen LogP contribution in [0.1, 0.15) is 28.8 Å². The largest absolute Gasteiger partial charge is 0.306 e. The third-order valence-electron chi connectivity index (χ3n) is 3.76. The number of nitrogens with one attached hydrogen (secondary N) is 1. The van der Waals surface area contributed by atoms with Crippen LogP contribution in [-0.2, 0) is 10.0 Å². The van der Waals surface area contributed by atoms with Gasteiger partial charge in [0.05, 0.1) is 23.8 Å². The highest BCUT2D eigenvalue weighted by molar-refractivity contribution is 7.90. The zero-order valence-electron chi connectivity index (χ0n) is 13.1. The average molecular weight is 343 g/mol. The highest BCUT2D eigenvalue weighted by Gasteiger charge is 2.20. The smallest absolute Gasteiger partial charge is 0.264 e. The molecule has 0 radical (unpaired) electrons. The van der Waals surface area contributed by atoms with Gasteiger partial charge in [0.25, 0.3) is 5.91 Å². The van der Waals surface area contributed by atoms with E-state index in [-0.39, 0.29) is 17.2 Å². The second-order valence-corrected chi connectivity index (χ2v) is 7.43. The molecule has 2 heterocycles. The van der Waals surface area contributed by atoms with E-state index >= 15 is 0 Å². The van der Waals surface area contributed by atoms with Gasteiger partial charge in [-0.3, -0.25) is 4.79 Å². The molecule has 3 rings (SSSR count). The zero-order valence-corrected chi connectivity index (χ0v) is 13.9. The number of carbonyl (C=O) groups is 1. The van der Waals surface area contributed by atoms with E-state index in [2.05, 4.69) is 9.71 Å². The van der Waals surface area contributed by atoms with E-state index in [0.29, 0.717) is 0 Å². The number of fused-ring (bicyclic) bond motifs is 1. The molecule has 0 saturated carbocycles. The van der Waals surface area contributed by atoms with Gasteiger partial charge in [-0.05, 0) is 23.6 Å². The molecule has 1 unspecified atom stereocenters. The Hall–Kier alpha value is -2.67. The Morgan fingerprint density at radius 3 is 2.75 bits per heavy atom. The lowest BCUT2D eigenvalue weighted by atomic mass is 10.0. The Kier molecular flexibility index (Phi) is 4.35. The van der Waals surface area contributed by atoms with E-state index in [1.165, 1.54) is 0 Å². The summed E-state index contributed by atoms with van der Waals surface area (Å²) in [6, 6.07) is 12.5. The SMILES string of the molecule is CC(CS(=O)(=O)NC(=O)c1ccn2cncc2c1)c1ccccc1. The molecule has 24 heavy (non-hydrogen) atoms. The highest BCUT2D eigenvalue weighted by Crippen LogP contribution is 2.16. The summed E-state index contributed by atoms with van der Waals surface area (Å²) in [4.78, 5) is 16.2. The molecule has 1 atom stereocenters. The van der Waals surface area contributed by atoms with Crippen molar-refractivity contribution in [3.8, 4) is 0 Å². The van der Waals surface area contributed by atoms with Crippen molar-refractivity contribution in [1.82, 2.24) is 14.1 Å². The summed E-state index contributed by atoms with van der Waals surface area (Å²) in [5.74, 6) is -1.01. The van der Waals surface area contributed by atoms with Gasteiger partial charge in [0, 0.05) is 11.8 Å². The van der Waals surface area contributed by atoms with Crippen molar-refractivity contribution in [2.75, 3.05) is 5.75 Å². The molecule has 0 spiro atoms. The van der Waals surface area contributed by atoms with Crippen LogP contribution in [0.25, 0.3) is 5.52 Å². The summed E-state index contributed by atoms with van der Waals surface area (Å²) < 4.78 is 28.4. The van der Waals surface area contributed by atoms with Crippen molar-refractivity contribution in [3.63, 3.8) is 0 Å². The van der Waals surface area contributed by atoms with Crippen molar-refractivity contribution in [2.45, 2.75) is 12.8 Å². The number of rotatable bonds is 5. The Morgan fingerprint density at radius 1 is 1.25 bits per heavy atom. The number of amides is 1. The van der Waals surface area contributed by atoms with Crippen LogP contribution in [0.2, 0.25) is 0 Å². The molecule has 0 aliphatic rings. The van der Waals surface area contributed by atoms with Crippen LogP contribution in [-0.4, -0.2) is 29.5 Å². The Balaban J connectivity index is 1.72. The number of nitrogens with zero attached hydrogens (tertiary/aromatic N) is 2. The first-order valence-electron chi connectivity index (χ1n) is 7.46. The maximum absolute atomic E-state index is 12.3. The summed E-state index contributed by atoms with van der Waals surface area (Å²) in [6.07, 6.45) is 4.87. The van der Waals surface area contributed by atoms with Gasteiger partial charge in [0.1, 0.15) is 0 Å². The minimum absolute atomic E-state index is 0.155. The predicted octanol–water partition coefficient (Wildman–Crippen LogP) is 2.20. The lowest BCUT2D eigenvalue weighted by Crippen LogP contribution is -2.34. The van der Waals surface area contributed by atoms with Crippen LogP contribution in [0.3, 0.4) is 0 Å². The quantitative estimate of drug-likeness (QED) is 0.770. The van der Waals surface area contributed by atoms with Gasteiger partial charge < -0.3 is 4.40 Å². The second kappa shape index (κ2) is 6.45. The Bertz CT molecular complexity index is 965. The lowest BCUT2D eigenvalue weighted by Gasteiger charge is -2.13. The lowest BCUT2D eigenvalue weighted by molar-refractivity contribution is 0.0981. The molecule has 0 fully saturated rings. The first-order valence-corrected chi connectivity index (χ1v) is 9.11. The van der Waals surface area contributed by atoms with Crippen LogP contribution in [0.15, 0.2) is 61.2 Å². The van der Waals surface area contributed by atoms with E-state index in [0.717, 1.165) is 11.1 Å². The number of imidazole rings is 1. The minimum Gasteiger partial charge on any atom is -0.306 e. The number of pyridine rings is 1. The van der Waals surface area contributed by atoms with Gasteiger partial charge in [0.2, 0.25) is 10.0 Å². The molecule has 0 bridgehead atoms. The maximum Gasteiger partial charge on any atom is 0.264 e. The molecule has 3 aromatic rings. The van der Waals surface area contributed by atoms with Crippen molar-refractivity contribution in [2.24, 2.45) is 0 Å². The summed E-state index contributed by atoms with van der Waals surface area (Å²) in [6.45, 7) is 1.82. The van der Waals surface area contributed by atoms with Gasteiger partial charge in [-0.15, -0.1) is 0 Å². The topological polar surface area (TPSA) is 80.5 Å². The molecule has 6 nitrogen and oxygen atoms in total. The molecule has 0 aliphatic carbocycles. The van der Waals surface area contributed by atoms with Gasteiger partial charge >= 0.3 is 0 Å². The van der Waals surface area contributed by atoms with Crippen molar-refractivity contribution >= 4 is 21.4 Å². The van der Waals surface area contributed by atoms with Crippen molar-refractivity contribution in [3.05, 3.63) is 72.3 Å². The number of sulfonamides is 1. The standard InChI is InChI=1S/C17H17N3O3S/c1-13(14-5-3-2-4-6-14)11-24(22,23)19-17(21)15-7-8-20-12-18-10-16(20)9-15/h2-10,12-13H,11H2,1H3,(H,19,21). The fraction of sp³-hybridized carbons (Fsp3) is 0.176. The number of hydrogen-bond donors (Lipinski definition) is 1. The summed E-state index contributed by atoms with van der Waals surface area (Å²) in [5.41, 5.74) is 1.91. The first-order chi connectivity index (χ1) is 11.4. The van der Waals surface area contributed by atoms with Crippen LogP contribution >= 0.6 is 0 Å². The third-order valence-corrected chi connectivity index (χ3v) is 5.20. The monoisotopic (exact) mass is 343 g/mol. The summed E-state index contributed by atoms with van der Waals surface area (Å²) in [7, 11) is -3.74. The van der Waals surface area contributed by atoms with E-state index in [4.69, 9.17) is 0 Å². The van der Waals surface area contributed by atoms with E-state index in [1.54, 1.807) is 35.3 Å². The Labute approximate surface area is 140 Å². The van der Waals surface area contributed by atoms with Crippen LogP contribution in [0.4, 0.5) is 0 Å². The van der Waals surface area contributed by atoms with Crippen molar-refractivity contribution in [1.29, 1.82) is 0 Å². The van der Waals surface area contributed by atoms with E-state index in [9.17, 15) is 13.2 Å². The van der Waals surface area contributed by atoms with Crippen LogP contribution in [0.5, 0.6) is 0 Å². The summed E-state index contributed by atoms with van der Waals surface area (Å²) >= 11 is 0. The number of benzene rings is 1. The average Bonchev–Trinajstić information content (AvgIpc) is 3.02. The summed E-state index contributed by atoms with van der Waals surface area (Å²) in [5, 5.41) is 0. The first kappa shape index (κ1) is 16.2. The number of carbonyl (C=O) groups excluding carboxylic acids is 1. The van der Waals surface area contributed by atoms with E-state index < -0.39 is 15.9 Å².